The van der Waals surface area contributed by atoms with Crippen LogP contribution in [0.25, 0.3) is 0 Å². The number of aryl methyl sites for hydroxylation is 1. The number of alkyl halides is 1. The monoisotopic (exact) mass is 372 g/mol. The van der Waals surface area contributed by atoms with Crippen LogP contribution in [0.15, 0.2) is 46.9 Å². The van der Waals surface area contributed by atoms with Gasteiger partial charge in [-0.05, 0) is 47.9 Å². The first-order valence-corrected chi connectivity index (χ1v) is 7.31. The minimum absolute atomic E-state index is 0.191. The zero-order chi connectivity index (χ0) is 12.4. The summed E-state index contributed by atoms with van der Waals surface area (Å²) >= 11 is 13.1. The predicted octanol–water partition coefficient (Wildman–Crippen LogP) is 5.90. The molecule has 0 saturated heterocycles. The smallest absolute Gasteiger partial charge is 0.0645 e. The van der Waals surface area contributed by atoms with E-state index in [4.69, 9.17) is 11.6 Å². The molecule has 0 aliphatic heterocycles. The van der Waals surface area contributed by atoms with Gasteiger partial charge in [-0.3, -0.25) is 0 Å². The Morgan fingerprint density at radius 3 is 2.24 bits per heavy atom. The molecule has 0 aromatic heterocycles. The Kier molecular flexibility index (Phi) is 4.29. The molecule has 0 saturated carbocycles. The molecule has 2 rings (SSSR count). The van der Waals surface area contributed by atoms with Gasteiger partial charge in [0.15, 0.2) is 0 Å². The molecule has 17 heavy (non-hydrogen) atoms. The van der Waals surface area contributed by atoms with Crippen LogP contribution in [0.1, 0.15) is 21.5 Å². The van der Waals surface area contributed by atoms with E-state index in [1.165, 1.54) is 16.7 Å². The molecule has 88 valence electrons. The van der Waals surface area contributed by atoms with Crippen LogP contribution in [0.3, 0.4) is 0 Å². The van der Waals surface area contributed by atoms with Crippen LogP contribution in [-0.4, -0.2) is 0 Å². The molecule has 0 aliphatic rings. The molecule has 2 aromatic rings. The first-order valence-electron chi connectivity index (χ1n) is 5.23. The van der Waals surface area contributed by atoms with Gasteiger partial charge in [-0.15, -0.1) is 0 Å². The molecule has 2 aromatic carbocycles. The molecule has 0 N–H and O–H groups in total. The number of rotatable bonds is 2. The van der Waals surface area contributed by atoms with Crippen LogP contribution in [-0.2, 0) is 0 Å². The lowest BCUT2D eigenvalue weighted by atomic mass is 10.0. The van der Waals surface area contributed by atoms with E-state index in [2.05, 4.69) is 57.0 Å². The molecule has 3 heteroatoms. The molecule has 0 heterocycles. The Balaban J connectivity index is 2.36. The summed E-state index contributed by atoms with van der Waals surface area (Å²) in [4.78, 5) is 0.191. The summed E-state index contributed by atoms with van der Waals surface area (Å²) in [5.74, 6) is 0. The van der Waals surface area contributed by atoms with E-state index < -0.39 is 0 Å². The van der Waals surface area contributed by atoms with Crippen LogP contribution in [0.2, 0.25) is 5.02 Å². The van der Waals surface area contributed by atoms with Crippen LogP contribution in [0.5, 0.6) is 0 Å². The van der Waals surface area contributed by atoms with Crippen molar-refractivity contribution in [1.29, 1.82) is 0 Å². The Labute approximate surface area is 123 Å². The average molecular weight is 375 g/mol. The molecule has 0 aliphatic carbocycles. The summed E-state index contributed by atoms with van der Waals surface area (Å²) in [5, 5.41) is 0.763. The predicted molar refractivity (Wildman–Crippen MR) is 81.1 cm³/mol. The first kappa shape index (κ1) is 13.1. The van der Waals surface area contributed by atoms with Gasteiger partial charge in [0.2, 0.25) is 0 Å². The fourth-order valence-electron chi connectivity index (χ4n) is 1.74. The Morgan fingerprint density at radius 1 is 1.00 bits per heavy atom. The summed E-state index contributed by atoms with van der Waals surface area (Å²) in [6, 6.07) is 14.3. The molecule has 0 amide bonds. The van der Waals surface area contributed by atoms with Gasteiger partial charge in [0.05, 0.1) is 4.83 Å². The summed E-state index contributed by atoms with van der Waals surface area (Å²) in [7, 11) is 0. The standard InChI is InChI=1S/C14H11Br2Cl/c1-9-6-11(8-12(15)7-9)14(16)10-2-4-13(17)5-3-10/h2-8,14H,1H3. The lowest BCUT2D eigenvalue weighted by molar-refractivity contribution is 1.16. The molecule has 1 unspecified atom stereocenters. The summed E-state index contributed by atoms with van der Waals surface area (Å²) in [5.41, 5.74) is 3.68. The van der Waals surface area contributed by atoms with Crippen molar-refractivity contribution in [3.8, 4) is 0 Å². The van der Waals surface area contributed by atoms with Gasteiger partial charge >= 0.3 is 0 Å². The SMILES string of the molecule is Cc1cc(Br)cc(C(Br)c2ccc(Cl)cc2)c1. The second kappa shape index (κ2) is 5.55. The van der Waals surface area contributed by atoms with E-state index in [0.29, 0.717) is 0 Å². The maximum atomic E-state index is 5.89. The van der Waals surface area contributed by atoms with E-state index >= 15 is 0 Å². The number of hydrogen-bond donors (Lipinski definition) is 0. The second-order valence-corrected chi connectivity index (χ2v) is 6.24. The first-order chi connectivity index (χ1) is 8.06. The maximum Gasteiger partial charge on any atom is 0.0645 e. The van der Waals surface area contributed by atoms with Crippen molar-refractivity contribution in [3.63, 3.8) is 0 Å². The van der Waals surface area contributed by atoms with Crippen LogP contribution in [0, 0.1) is 6.92 Å². The molecule has 0 fully saturated rings. The van der Waals surface area contributed by atoms with Crippen molar-refractivity contribution in [2.45, 2.75) is 11.8 Å². The van der Waals surface area contributed by atoms with Crippen molar-refractivity contribution in [3.05, 3.63) is 68.7 Å². The molecular formula is C14H11Br2Cl. The molecule has 1 atom stereocenters. The molecular weight excluding hydrogens is 363 g/mol. The van der Waals surface area contributed by atoms with Gasteiger partial charge in [-0.2, -0.15) is 0 Å². The highest BCUT2D eigenvalue weighted by molar-refractivity contribution is 9.10. The summed E-state index contributed by atoms with van der Waals surface area (Å²) in [6.45, 7) is 2.09. The molecule has 0 radical (unpaired) electrons. The zero-order valence-electron chi connectivity index (χ0n) is 9.25. The minimum Gasteiger partial charge on any atom is -0.0843 e. The summed E-state index contributed by atoms with van der Waals surface area (Å²) in [6.07, 6.45) is 0. The quantitative estimate of drug-likeness (QED) is 0.575. The number of hydrogen-bond acceptors (Lipinski definition) is 0. The fourth-order valence-corrected chi connectivity index (χ4v) is 3.06. The number of halogens is 3. The minimum atomic E-state index is 0.191. The van der Waals surface area contributed by atoms with Gasteiger partial charge in [0.25, 0.3) is 0 Å². The average Bonchev–Trinajstić information content (AvgIpc) is 2.28. The lowest BCUT2D eigenvalue weighted by Crippen LogP contribution is -1.93. The third kappa shape index (κ3) is 3.34. The van der Waals surface area contributed by atoms with Crippen molar-refractivity contribution in [1.82, 2.24) is 0 Å². The second-order valence-electron chi connectivity index (χ2n) is 3.98. The third-order valence-electron chi connectivity index (χ3n) is 2.52. The zero-order valence-corrected chi connectivity index (χ0v) is 13.2. The van der Waals surface area contributed by atoms with Gasteiger partial charge in [0, 0.05) is 9.50 Å². The van der Waals surface area contributed by atoms with Crippen LogP contribution < -0.4 is 0 Å². The molecule has 0 spiro atoms. The van der Waals surface area contributed by atoms with E-state index in [1.54, 1.807) is 0 Å². The Morgan fingerprint density at radius 2 is 1.65 bits per heavy atom. The fraction of sp³-hybridized carbons (Fsp3) is 0.143. The molecule has 0 nitrogen and oxygen atoms in total. The lowest BCUT2D eigenvalue weighted by Gasteiger charge is -2.12. The highest BCUT2D eigenvalue weighted by Crippen LogP contribution is 2.33. The van der Waals surface area contributed by atoms with Gasteiger partial charge < -0.3 is 0 Å². The Hall–Kier alpha value is -0.310. The van der Waals surface area contributed by atoms with Crippen molar-refractivity contribution < 1.29 is 0 Å². The highest BCUT2D eigenvalue weighted by Gasteiger charge is 2.11. The number of benzene rings is 2. The van der Waals surface area contributed by atoms with Gasteiger partial charge in [-0.25, -0.2) is 0 Å². The van der Waals surface area contributed by atoms with Crippen molar-refractivity contribution in [2.75, 3.05) is 0 Å². The van der Waals surface area contributed by atoms with E-state index in [9.17, 15) is 0 Å². The van der Waals surface area contributed by atoms with Crippen molar-refractivity contribution in [2.24, 2.45) is 0 Å². The summed E-state index contributed by atoms with van der Waals surface area (Å²) < 4.78 is 1.10. The third-order valence-corrected chi connectivity index (χ3v) is 4.29. The van der Waals surface area contributed by atoms with Crippen molar-refractivity contribution >= 4 is 43.5 Å². The van der Waals surface area contributed by atoms with Crippen LogP contribution in [0.4, 0.5) is 0 Å². The van der Waals surface area contributed by atoms with E-state index in [-0.39, 0.29) is 4.83 Å². The maximum absolute atomic E-state index is 5.89. The highest BCUT2D eigenvalue weighted by atomic mass is 79.9. The van der Waals surface area contributed by atoms with E-state index in [0.717, 1.165) is 9.50 Å². The largest absolute Gasteiger partial charge is 0.0843 e. The van der Waals surface area contributed by atoms with E-state index in [1.807, 2.05) is 24.3 Å². The molecule has 0 bridgehead atoms. The van der Waals surface area contributed by atoms with Crippen LogP contribution >= 0.6 is 43.5 Å². The Bertz CT molecular complexity index is 500. The normalized spacial score (nSPS) is 12.5. The van der Waals surface area contributed by atoms with Gasteiger partial charge in [0.1, 0.15) is 0 Å². The van der Waals surface area contributed by atoms with Gasteiger partial charge in [-0.1, -0.05) is 61.7 Å². The topological polar surface area (TPSA) is 0 Å².